The predicted octanol–water partition coefficient (Wildman–Crippen LogP) is 2.12. The van der Waals surface area contributed by atoms with Gasteiger partial charge in [0, 0.05) is 6.61 Å². The van der Waals surface area contributed by atoms with E-state index in [9.17, 15) is 0 Å². The summed E-state index contributed by atoms with van der Waals surface area (Å²) in [5.74, 6) is 5.73. The van der Waals surface area contributed by atoms with Gasteiger partial charge in [0.1, 0.15) is 0 Å². The van der Waals surface area contributed by atoms with Crippen molar-refractivity contribution in [1.29, 1.82) is 0 Å². The number of fused-ring (bicyclic) bond motifs is 1. The number of benzene rings is 1. The highest BCUT2D eigenvalue weighted by Crippen LogP contribution is 2.24. The standard InChI is InChI=1S/C16H24N2O/c17-18-15(16-6-1-2-9-19-16)11-12-7-8-13-4-3-5-14(13)10-12/h7-8,10,15-16,18H,1-6,9,11,17H2. The van der Waals surface area contributed by atoms with Crippen LogP contribution < -0.4 is 11.3 Å². The first-order valence-corrected chi connectivity index (χ1v) is 7.55. The lowest BCUT2D eigenvalue weighted by molar-refractivity contribution is -0.00744. The van der Waals surface area contributed by atoms with Crippen LogP contribution in [0.25, 0.3) is 0 Å². The van der Waals surface area contributed by atoms with E-state index < -0.39 is 0 Å². The highest BCUT2D eigenvalue weighted by Gasteiger charge is 2.24. The number of hydrogen-bond acceptors (Lipinski definition) is 3. The maximum Gasteiger partial charge on any atom is 0.0744 e. The minimum absolute atomic E-state index is 0.236. The molecule has 0 aromatic heterocycles. The monoisotopic (exact) mass is 260 g/mol. The van der Waals surface area contributed by atoms with Crippen LogP contribution in [0.2, 0.25) is 0 Å². The summed E-state index contributed by atoms with van der Waals surface area (Å²) >= 11 is 0. The van der Waals surface area contributed by atoms with Crippen LogP contribution >= 0.6 is 0 Å². The number of aryl methyl sites for hydroxylation is 2. The SMILES string of the molecule is NNC(Cc1ccc2c(c1)CCC2)C1CCCCO1. The van der Waals surface area contributed by atoms with E-state index >= 15 is 0 Å². The molecule has 1 fully saturated rings. The molecule has 0 saturated carbocycles. The fourth-order valence-electron chi connectivity index (χ4n) is 3.39. The van der Waals surface area contributed by atoms with E-state index in [0.717, 1.165) is 19.4 Å². The summed E-state index contributed by atoms with van der Waals surface area (Å²) < 4.78 is 5.85. The topological polar surface area (TPSA) is 47.3 Å². The average molecular weight is 260 g/mol. The molecule has 3 nitrogen and oxygen atoms in total. The quantitative estimate of drug-likeness (QED) is 0.644. The highest BCUT2D eigenvalue weighted by molar-refractivity contribution is 5.35. The van der Waals surface area contributed by atoms with Crippen molar-refractivity contribution in [3.05, 3.63) is 34.9 Å². The summed E-state index contributed by atoms with van der Waals surface area (Å²) in [5.41, 5.74) is 7.43. The molecular weight excluding hydrogens is 236 g/mol. The number of hydrogen-bond donors (Lipinski definition) is 2. The zero-order valence-electron chi connectivity index (χ0n) is 11.5. The van der Waals surface area contributed by atoms with Gasteiger partial charge in [-0.2, -0.15) is 0 Å². The van der Waals surface area contributed by atoms with Gasteiger partial charge in [-0.05, 0) is 61.6 Å². The third-order valence-corrected chi connectivity index (χ3v) is 4.50. The van der Waals surface area contributed by atoms with Crippen LogP contribution in [-0.4, -0.2) is 18.8 Å². The number of hydrazine groups is 1. The zero-order valence-corrected chi connectivity index (χ0v) is 11.5. The zero-order chi connectivity index (χ0) is 13.1. The molecule has 1 heterocycles. The summed E-state index contributed by atoms with van der Waals surface area (Å²) in [7, 11) is 0. The normalized spacial score (nSPS) is 24.2. The van der Waals surface area contributed by atoms with Crippen LogP contribution in [0.5, 0.6) is 0 Å². The van der Waals surface area contributed by atoms with Gasteiger partial charge in [-0.1, -0.05) is 18.2 Å². The molecule has 1 aromatic rings. The van der Waals surface area contributed by atoms with Crippen LogP contribution in [0.15, 0.2) is 18.2 Å². The van der Waals surface area contributed by atoms with E-state index in [0.29, 0.717) is 0 Å². The summed E-state index contributed by atoms with van der Waals surface area (Å²) in [5, 5.41) is 0. The fraction of sp³-hybridized carbons (Fsp3) is 0.625. The van der Waals surface area contributed by atoms with Crippen molar-refractivity contribution in [3.8, 4) is 0 Å². The van der Waals surface area contributed by atoms with Crippen molar-refractivity contribution >= 4 is 0 Å². The van der Waals surface area contributed by atoms with Crippen molar-refractivity contribution in [2.24, 2.45) is 5.84 Å². The smallest absolute Gasteiger partial charge is 0.0744 e. The lowest BCUT2D eigenvalue weighted by Gasteiger charge is -2.30. The maximum absolute atomic E-state index is 5.85. The lowest BCUT2D eigenvalue weighted by atomic mass is 9.95. The third-order valence-electron chi connectivity index (χ3n) is 4.50. The Morgan fingerprint density at radius 3 is 2.89 bits per heavy atom. The Hall–Kier alpha value is -0.900. The highest BCUT2D eigenvalue weighted by atomic mass is 16.5. The molecule has 1 saturated heterocycles. The van der Waals surface area contributed by atoms with Gasteiger partial charge in [0.15, 0.2) is 0 Å². The molecule has 0 radical (unpaired) electrons. The first-order chi connectivity index (χ1) is 9.36. The molecule has 1 aliphatic heterocycles. The molecule has 104 valence electrons. The average Bonchev–Trinajstić information content (AvgIpc) is 2.93. The number of nitrogens with one attached hydrogen (secondary N) is 1. The predicted molar refractivity (Wildman–Crippen MR) is 76.9 cm³/mol. The molecule has 2 atom stereocenters. The minimum Gasteiger partial charge on any atom is -0.377 e. The maximum atomic E-state index is 5.85. The molecule has 2 aliphatic rings. The third kappa shape index (κ3) is 2.99. The van der Waals surface area contributed by atoms with Crippen LogP contribution in [0, 0.1) is 0 Å². The number of rotatable bonds is 4. The second-order valence-corrected chi connectivity index (χ2v) is 5.84. The van der Waals surface area contributed by atoms with E-state index in [1.165, 1.54) is 48.8 Å². The van der Waals surface area contributed by atoms with Gasteiger partial charge in [-0.15, -0.1) is 0 Å². The van der Waals surface area contributed by atoms with Gasteiger partial charge in [0.25, 0.3) is 0 Å². The molecule has 2 unspecified atom stereocenters. The van der Waals surface area contributed by atoms with Crippen molar-refractivity contribution in [2.45, 2.75) is 57.1 Å². The Kier molecular flexibility index (Phi) is 4.16. The molecule has 3 rings (SSSR count). The Labute approximate surface area is 115 Å². The Balaban J connectivity index is 1.68. The first-order valence-electron chi connectivity index (χ1n) is 7.55. The molecule has 3 heteroatoms. The second kappa shape index (κ2) is 6.04. The Morgan fingerprint density at radius 2 is 2.11 bits per heavy atom. The summed E-state index contributed by atoms with van der Waals surface area (Å²) in [6.45, 7) is 0.882. The van der Waals surface area contributed by atoms with Crippen molar-refractivity contribution in [3.63, 3.8) is 0 Å². The molecule has 1 aromatic carbocycles. The van der Waals surface area contributed by atoms with Gasteiger partial charge in [0.2, 0.25) is 0 Å². The molecule has 3 N–H and O–H groups in total. The first kappa shape index (κ1) is 13.1. The molecule has 1 aliphatic carbocycles. The molecular formula is C16H24N2O. The summed E-state index contributed by atoms with van der Waals surface area (Å²) in [4.78, 5) is 0. The van der Waals surface area contributed by atoms with Gasteiger partial charge in [0.05, 0.1) is 12.1 Å². The molecule has 0 bridgehead atoms. The van der Waals surface area contributed by atoms with Crippen LogP contribution in [-0.2, 0) is 24.0 Å². The van der Waals surface area contributed by atoms with Gasteiger partial charge in [-0.25, -0.2) is 0 Å². The second-order valence-electron chi connectivity index (χ2n) is 5.84. The molecule has 0 spiro atoms. The largest absolute Gasteiger partial charge is 0.377 e. The lowest BCUT2D eigenvalue weighted by Crippen LogP contribution is -2.47. The van der Waals surface area contributed by atoms with Crippen molar-refractivity contribution in [1.82, 2.24) is 5.43 Å². The molecule has 19 heavy (non-hydrogen) atoms. The number of nitrogens with two attached hydrogens (primary N) is 1. The minimum atomic E-state index is 0.236. The van der Waals surface area contributed by atoms with Crippen LogP contribution in [0.3, 0.4) is 0 Å². The summed E-state index contributed by atoms with van der Waals surface area (Å²) in [6, 6.07) is 7.17. The van der Waals surface area contributed by atoms with Crippen LogP contribution in [0.1, 0.15) is 42.4 Å². The van der Waals surface area contributed by atoms with E-state index in [1.54, 1.807) is 0 Å². The number of ether oxygens (including phenoxy) is 1. The van der Waals surface area contributed by atoms with Crippen molar-refractivity contribution in [2.75, 3.05) is 6.61 Å². The van der Waals surface area contributed by atoms with Crippen molar-refractivity contribution < 1.29 is 4.74 Å². The Morgan fingerprint density at radius 1 is 1.21 bits per heavy atom. The van der Waals surface area contributed by atoms with E-state index in [4.69, 9.17) is 10.6 Å². The summed E-state index contributed by atoms with van der Waals surface area (Å²) in [6.07, 6.45) is 8.60. The van der Waals surface area contributed by atoms with Gasteiger partial charge >= 0.3 is 0 Å². The van der Waals surface area contributed by atoms with Crippen LogP contribution in [0.4, 0.5) is 0 Å². The van der Waals surface area contributed by atoms with Gasteiger partial charge in [-0.3, -0.25) is 11.3 Å². The molecule has 0 amide bonds. The Bertz CT molecular complexity index is 427. The fourth-order valence-corrected chi connectivity index (χ4v) is 3.39. The van der Waals surface area contributed by atoms with E-state index in [2.05, 4.69) is 23.6 Å². The van der Waals surface area contributed by atoms with E-state index in [1.807, 2.05) is 0 Å². The van der Waals surface area contributed by atoms with Gasteiger partial charge < -0.3 is 4.74 Å². The van der Waals surface area contributed by atoms with E-state index in [-0.39, 0.29) is 12.1 Å².